The van der Waals surface area contributed by atoms with E-state index in [4.69, 9.17) is 27.9 Å². The molecule has 0 saturated carbocycles. The second kappa shape index (κ2) is 8.69. The zero-order chi connectivity index (χ0) is 20.3. The molecule has 0 aliphatic carbocycles. The average molecular weight is 443 g/mol. The van der Waals surface area contributed by atoms with Gasteiger partial charge in [-0.1, -0.05) is 23.2 Å². The summed E-state index contributed by atoms with van der Waals surface area (Å²) >= 11 is 11.9. The molecule has 0 spiro atoms. The van der Waals surface area contributed by atoms with Crippen LogP contribution < -0.4 is 10.1 Å². The number of sulfonamides is 1. The molecule has 0 radical (unpaired) electrons. The van der Waals surface area contributed by atoms with Crippen LogP contribution in [0.1, 0.15) is 12.8 Å². The van der Waals surface area contributed by atoms with Crippen molar-refractivity contribution < 1.29 is 17.9 Å². The molecule has 6 nitrogen and oxygen atoms in total. The van der Waals surface area contributed by atoms with E-state index in [1.165, 1.54) is 23.5 Å². The van der Waals surface area contributed by atoms with Crippen LogP contribution in [0.3, 0.4) is 0 Å². The Morgan fingerprint density at radius 1 is 1.14 bits per heavy atom. The average Bonchev–Trinajstić information content (AvgIpc) is 2.67. The van der Waals surface area contributed by atoms with Crippen molar-refractivity contribution in [2.75, 3.05) is 25.5 Å². The number of hydrogen-bond acceptors (Lipinski definition) is 4. The molecule has 9 heteroatoms. The Hall–Kier alpha value is -1.80. The zero-order valence-corrected chi connectivity index (χ0v) is 17.5. The fourth-order valence-corrected chi connectivity index (χ4v) is 5.19. The third-order valence-corrected chi connectivity index (χ3v) is 6.90. The maximum Gasteiger partial charge on any atom is 0.243 e. The van der Waals surface area contributed by atoms with Gasteiger partial charge in [0.25, 0.3) is 0 Å². The van der Waals surface area contributed by atoms with Gasteiger partial charge in [-0.3, -0.25) is 4.79 Å². The van der Waals surface area contributed by atoms with Gasteiger partial charge in [0, 0.05) is 28.8 Å². The van der Waals surface area contributed by atoms with Crippen LogP contribution in [0.15, 0.2) is 47.4 Å². The summed E-state index contributed by atoms with van der Waals surface area (Å²) in [6.07, 6.45) is 1.21. The molecule has 1 unspecified atom stereocenters. The van der Waals surface area contributed by atoms with Crippen molar-refractivity contribution in [3.63, 3.8) is 0 Å². The van der Waals surface area contributed by atoms with Gasteiger partial charge in [-0.05, 0) is 55.3 Å². The van der Waals surface area contributed by atoms with Gasteiger partial charge in [0.1, 0.15) is 5.75 Å². The van der Waals surface area contributed by atoms with Gasteiger partial charge >= 0.3 is 0 Å². The van der Waals surface area contributed by atoms with Crippen molar-refractivity contribution in [2.45, 2.75) is 17.7 Å². The fraction of sp³-hybridized carbons (Fsp3) is 0.316. The highest BCUT2D eigenvalue weighted by Crippen LogP contribution is 2.27. The number of amides is 1. The maximum absolute atomic E-state index is 12.9. The molecule has 1 heterocycles. The molecular weight excluding hydrogens is 423 g/mol. The number of anilines is 1. The van der Waals surface area contributed by atoms with Crippen LogP contribution in [0, 0.1) is 5.92 Å². The highest BCUT2D eigenvalue weighted by atomic mass is 35.5. The SMILES string of the molecule is COc1ccc(S(=O)(=O)N2CCCC(C(=O)Nc3cc(Cl)cc(Cl)c3)C2)cc1. The lowest BCUT2D eigenvalue weighted by Crippen LogP contribution is -2.43. The van der Waals surface area contributed by atoms with E-state index in [0.29, 0.717) is 40.9 Å². The summed E-state index contributed by atoms with van der Waals surface area (Å²) in [6.45, 7) is 0.496. The molecular formula is C19H20Cl2N2O4S. The van der Waals surface area contributed by atoms with Crippen molar-refractivity contribution in [1.29, 1.82) is 0 Å². The lowest BCUT2D eigenvalue weighted by Gasteiger charge is -2.31. The molecule has 1 saturated heterocycles. The van der Waals surface area contributed by atoms with Crippen LogP contribution in [0.5, 0.6) is 5.75 Å². The van der Waals surface area contributed by atoms with E-state index < -0.39 is 15.9 Å². The molecule has 0 aromatic heterocycles. The normalized spacial score (nSPS) is 17.9. The number of ether oxygens (including phenoxy) is 1. The highest BCUT2D eigenvalue weighted by Gasteiger charge is 2.33. The van der Waals surface area contributed by atoms with Crippen LogP contribution in [-0.4, -0.2) is 38.8 Å². The number of carbonyl (C=O) groups is 1. The monoisotopic (exact) mass is 442 g/mol. The molecule has 2 aromatic carbocycles. The quantitative estimate of drug-likeness (QED) is 0.757. The number of halogens is 2. The number of nitrogens with one attached hydrogen (secondary N) is 1. The Bertz CT molecular complexity index is 944. The number of hydrogen-bond donors (Lipinski definition) is 1. The predicted molar refractivity (Wildman–Crippen MR) is 110 cm³/mol. The number of methoxy groups -OCH3 is 1. The molecule has 1 atom stereocenters. The molecule has 1 N–H and O–H groups in total. The van der Waals surface area contributed by atoms with Crippen LogP contribution in [0.2, 0.25) is 10.0 Å². The van der Waals surface area contributed by atoms with Gasteiger partial charge < -0.3 is 10.1 Å². The fourth-order valence-electron chi connectivity index (χ4n) is 3.14. The summed E-state index contributed by atoms with van der Waals surface area (Å²) in [5.41, 5.74) is 0.484. The van der Waals surface area contributed by atoms with E-state index in [1.54, 1.807) is 30.3 Å². The van der Waals surface area contributed by atoms with E-state index in [9.17, 15) is 13.2 Å². The number of carbonyl (C=O) groups excluding carboxylic acids is 1. The van der Waals surface area contributed by atoms with Crippen LogP contribution in [0.25, 0.3) is 0 Å². The Kier molecular flexibility index (Phi) is 6.50. The van der Waals surface area contributed by atoms with Gasteiger partial charge in [0.15, 0.2) is 0 Å². The molecule has 2 aromatic rings. The van der Waals surface area contributed by atoms with Crippen molar-refractivity contribution in [3.05, 3.63) is 52.5 Å². The van der Waals surface area contributed by atoms with Crippen molar-refractivity contribution in [3.8, 4) is 5.75 Å². The van der Waals surface area contributed by atoms with E-state index in [2.05, 4.69) is 5.32 Å². The summed E-state index contributed by atoms with van der Waals surface area (Å²) in [4.78, 5) is 12.8. The molecule has 150 valence electrons. The number of piperidine rings is 1. The van der Waals surface area contributed by atoms with Crippen molar-refractivity contribution in [2.24, 2.45) is 5.92 Å². The van der Waals surface area contributed by atoms with E-state index >= 15 is 0 Å². The molecule has 3 rings (SSSR count). The van der Waals surface area contributed by atoms with Crippen molar-refractivity contribution in [1.82, 2.24) is 4.31 Å². The predicted octanol–water partition coefficient (Wildman–Crippen LogP) is 4.04. The van der Waals surface area contributed by atoms with Gasteiger partial charge in [-0.25, -0.2) is 8.42 Å². The third kappa shape index (κ3) is 4.78. The van der Waals surface area contributed by atoms with Crippen molar-refractivity contribution >= 4 is 44.8 Å². The minimum atomic E-state index is -3.68. The Morgan fingerprint density at radius 2 is 1.79 bits per heavy atom. The Morgan fingerprint density at radius 3 is 2.39 bits per heavy atom. The van der Waals surface area contributed by atoms with E-state index in [-0.39, 0.29) is 17.3 Å². The standard InChI is InChI=1S/C19H20Cl2N2O4S/c1-27-17-4-6-18(7-5-17)28(25,26)23-8-2-3-13(12-23)19(24)22-16-10-14(20)9-15(21)11-16/h4-7,9-11,13H,2-3,8,12H2,1H3,(H,22,24). The van der Waals surface area contributed by atoms with Crippen LogP contribution in [-0.2, 0) is 14.8 Å². The van der Waals surface area contributed by atoms with Crippen LogP contribution >= 0.6 is 23.2 Å². The Balaban J connectivity index is 1.72. The first-order chi connectivity index (χ1) is 13.3. The maximum atomic E-state index is 12.9. The first kappa shape index (κ1) is 20.9. The second-order valence-electron chi connectivity index (χ2n) is 6.53. The van der Waals surface area contributed by atoms with Crippen LogP contribution in [0.4, 0.5) is 5.69 Å². The molecule has 1 amide bonds. The van der Waals surface area contributed by atoms with E-state index in [1.807, 2.05) is 0 Å². The Labute approximate surface area is 174 Å². The molecule has 0 bridgehead atoms. The highest BCUT2D eigenvalue weighted by molar-refractivity contribution is 7.89. The van der Waals surface area contributed by atoms with Gasteiger partial charge in [0.05, 0.1) is 17.9 Å². The van der Waals surface area contributed by atoms with Gasteiger partial charge in [-0.2, -0.15) is 4.31 Å². The summed E-state index contributed by atoms with van der Waals surface area (Å²) in [7, 11) is -2.17. The zero-order valence-electron chi connectivity index (χ0n) is 15.2. The smallest absolute Gasteiger partial charge is 0.243 e. The lowest BCUT2D eigenvalue weighted by atomic mass is 9.99. The van der Waals surface area contributed by atoms with Gasteiger partial charge in [0.2, 0.25) is 15.9 Å². The summed E-state index contributed by atoms with van der Waals surface area (Å²) in [5.74, 6) is -0.137. The van der Waals surface area contributed by atoms with Gasteiger partial charge in [-0.15, -0.1) is 0 Å². The summed E-state index contributed by atoms with van der Waals surface area (Å²) in [6, 6.07) is 11.0. The lowest BCUT2D eigenvalue weighted by molar-refractivity contribution is -0.120. The molecule has 1 fully saturated rings. The molecule has 28 heavy (non-hydrogen) atoms. The second-order valence-corrected chi connectivity index (χ2v) is 9.34. The number of rotatable bonds is 5. The number of benzene rings is 2. The summed E-state index contributed by atoms with van der Waals surface area (Å²) < 4.78 is 32.3. The third-order valence-electron chi connectivity index (χ3n) is 4.58. The first-order valence-electron chi connectivity index (χ1n) is 8.71. The largest absolute Gasteiger partial charge is 0.497 e. The first-order valence-corrected chi connectivity index (χ1v) is 10.9. The minimum absolute atomic E-state index is 0.120. The molecule has 1 aliphatic heterocycles. The minimum Gasteiger partial charge on any atom is -0.497 e. The van der Waals surface area contributed by atoms with E-state index in [0.717, 1.165) is 0 Å². The topological polar surface area (TPSA) is 75.7 Å². The molecule has 1 aliphatic rings. The number of nitrogens with zero attached hydrogens (tertiary/aromatic N) is 1. The summed E-state index contributed by atoms with van der Waals surface area (Å²) in [5, 5.41) is 3.60.